The molecule has 22 valence electrons. The summed E-state index contributed by atoms with van der Waals surface area (Å²) in [5, 5.41) is -0.861. The van der Waals surface area contributed by atoms with Crippen molar-refractivity contribution in [3.63, 3.8) is 0 Å². The van der Waals surface area contributed by atoms with E-state index in [0.29, 0.717) is 0 Å². The molecule has 2 radical (unpaired) electrons. The molecule has 0 saturated heterocycles. The molecule has 0 aliphatic heterocycles. The van der Waals surface area contributed by atoms with Crippen LogP contribution in [0.5, 0.6) is 0 Å². The highest BCUT2D eigenvalue weighted by Gasteiger charge is 1.68. The van der Waals surface area contributed by atoms with Gasteiger partial charge in [0, 0.05) is 0 Å². The molecule has 4 heavy (non-hydrogen) atoms. The van der Waals surface area contributed by atoms with Crippen molar-refractivity contribution in [1.82, 2.24) is 0 Å². The molecule has 0 aromatic heterocycles. The van der Waals surface area contributed by atoms with E-state index < -0.39 is 5.24 Å². The van der Waals surface area contributed by atoms with Crippen molar-refractivity contribution in [2.45, 2.75) is 0 Å². The Morgan fingerprint density at radius 2 is 2.00 bits per heavy atom. The predicted molar refractivity (Wildman–Crippen MR) is 15.2 cm³/mol. The number of carbonyl (C=O) groups excluding carboxylic acids is 1. The maximum atomic E-state index is 8.99. The Morgan fingerprint density at radius 3 is 2.00 bits per heavy atom. The molecule has 0 saturated carbocycles. The van der Waals surface area contributed by atoms with Gasteiger partial charge in [-0.2, -0.15) is 0 Å². The highest BCUT2D eigenvalue weighted by molar-refractivity contribution is 6.64. The van der Waals surface area contributed by atoms with Crippen LogP contribution in [0.2, 0.25) is 0 Å². The van der Waals surface area contributed by atoms with E-state index in [1.165, 1.54) is 0 Å². The predicted octanol–water partition coefficient (Wildman–Crippen LogP) is 0.463. The summed E-state index contributed by atoms with van der Waals surface area (Å²) in [6.07, 6.45) is 0. The van der Waals surface area contributed by atoms with Crippen molar-refractivity contribution < 1.29 is 4.79 Å². The van der Waals surface area contributed by atoms with Gasteiger partial charge in [-0.15, -0.1) is 0 Å². The van der Waals surface area contributed by atoms with Gasteiger partial charge in [-0.1, -0.05) is 0 Å². The first-order chi connectivity index (χ1) is 1.73. The molecule has 0 bridgehead atoms. The number of hydrogen-bond acceptors (Lipinski definition) is 1. The smallest absolute Gasteiger partial charge is 0.226 e. The molecule has 0 aromatic carbocycles. The van der Waals surface area contributed by atoms with Crippen LogP contribution in [0.4, 0.5) is 0 Å². The fourth-order valence-corrected chi connectivity index (χ4v) is 0. The second-order valence-corrected chi connectivity index (χ2v) is 0.677. The van der Waals surface area contributed by atoms with Gasteiger partial charge < -0.3 is 0 Å². The zero-order valence-corrected chi connectivity index (χ0v) is 2.62. The van der Waals surface area contributed by atoms with Gasteiger partial charge in [0.15, 0.2) is 0 Å². The third-order valence-electron chi connectivity index (χ3n) is 0. The van der Waals surface area contributed by atoms with Gasteiger partial charge in [-0.05, 0) is 11.6 Å². The van der Waals surface area contributed by atoms with E-state index in [4.69, 9.17) is 4.79 Å². The lowest BCUT2D eigenvalue weighted by molar-refractivity contribution is -0.107. The van der Waals surface area contributed by atoms with Crippen LogP contribution in [-0.2, 0) is 4.79 Å². The maximum absolute atomic E-state index is 8.99. The van der Waals surface area contributed by atoms with Crippen molar-refractivity contribution in [3.05, 3.63) is 6.92 Å². The van der Waals surface area contributed by atoms with E-state index >= 15 is 0 Å². The summed E-state index contributed by atoms with van der Waals surface area (Å²) in [7, 11) is 0. The topological polar surface area (TPSA) is 17.1 Å². The summed E-state index contributed by atoms with van der Waals surface area (Å²) in [6.45, 7) is 4.24. The first kappa shape index (κ1) is 3.96. The molecule has 0 aliphatic rings. The second kappa shape index (κ2) is 1.30. The van der Waals surface area contributed by atoms with Gasteiger partial charge in [0.05, 0.1) is 6.92 Å². The quantitative estimate of drug-likeness (QED) is 0.383. The number of carbonyl (C=O) groups is 1. The van der Waals surface area contributed by atoms with E-state index in [1.54, 1.807) is 0 Å². The van der Waals surface area contributed by atoms with Crippen LogP contribution in [-0.4, -0.2) is 5.24 Å². The zero-order valence-electron chi connectivity index (χ0n) is 1.86. The SMILES string of the molecule is [CH]C(=O)Cl. The lowest BCUT2D eigenvalue weighted by atomic mass is 10.9. The summed E-state index contributed by atoms with van der Waals surface area (Å²) in [5.74, 6) is 0. The standard InChI is InChI=1S/C2HClO/c1-2(3)4/h1H. The molecule has 0 atom stereocenters. The molecular formula is C2HClO. The van der Waals surface area contributed by atoms with Gasteiger partial charge in [0.1, 0.15) is 0 Å². The number of halogens is 1. The normalized spacial score (nSPS) is 6.50. The van der Waals surface area contributed by atoms with Gasteiger partial charge in [-0.25, -0.2) is 0 Å². The Kier molecular flexibility index (Phi) is 1.28. The van der Waals surface area contributed by atoms with E-state index in [9.17, 15) is 0 Å². The van der Waals surface area contributed by atoms with Crippen LogP contribution in [0.3, 0.4) is 0 Å². The van der Waals surface area contributed by atoms with Crippen LogP contribution in [0, 0.1) is 6.92 Å². The minimum atomic E-state index is -0.861. The Hall–Kier alpha value is -0.0400. The van der Waals surface area contributed by atoms with Crippen LogP contribution >= 0.6 is 11.6 Å². The molecule has 0 heterocycles. The summed E-state index contributed by atoms with van der Waals surface area (Å²) in [6, 6.07) is 0. The molecule has 1 nitrogen and oxygen atoms in total. The molecule has 0 rings (SSSR count). The Labute approximate surface area is 29.6 Å². The third-order valence-corrected chi connectivity index (χ3v) is 0. The molecule has 0 N–H and O–H groups in total. The van der Waals surface area contributed by atoms with Crippen molar-refractivity contribution in [2.24, 2.45) is 0 Å². The summed E-state index contributed by atoms with van der Waals surface area (Å²) >= 11 is 4.41. The summed E-state index contributed by atoms with van der Waals surface area (Å²) in [5.41, 5.74) is 0. The minimum absolute atomic E-state index is 0.861. The van der Waals surface area contributed by atoms with E-state index in [2.05, 4.69) is 18.5 Å². The third kappa shape index (κ3) is 1130. The monoisotopic (exact) mass is 76.0 g/mol. The average Bonchev–Trinajstić information content (AvgIpc) is 0.811. The fourth-order valence-electron chi connectivity index (χ4n) is 0. The van der Waals surface area contributed by atoms with Crippen LogP contribution in [0.15, 0.2) is 0 Å². The van der Waals surface area contributed by atoms with Crippen molar-refractivity contribution in [3.8, 4) is 0 Å². The highest BCUT2D eigenvalue weighted by atomic mass is 35.5. The van der Waals surface area contributed by atoms with Crippen LogP contribution < -0.4 is 0 Å². The van der Waals surface area contributed by atoms with E-state index in [0.717, 1.165) is 0 Å². The molecule has 0 aliphatic carbocycles. The van der Waals surface area contributed by atoms with Crippen molar-refractivity contribution in [2.75, 3.05) is 0 Å². The molecule has 0 unspecified atom stereocenters. The Bertz CT molecular complexity index is 29.0. The van der Waals surface area contributed by atoms with Crippen LogP contribution in [0.25, 0.3) is 0 Å². The van der Waals surface area contributed by atoms with Gasteiger partial charge in [0.25, 0.3) is 0 Å². The fraction of sp³-hybridized carbons (Fsp3) is 0. The average molecular weight is 76.5 g/mol. The number of rotatable bonds is 0. The molecule has 0 spiro atoms. The van der Waals surface area contributed by atoms with Crippen LogP contribution in [0.1, 0.15) is 0 Å². The lowest BCUT2D eigenvalue weighted by Crippen LogP contribution is -1.63. The van der Waals surface area contributed by atoms with E-state index in [-0.39, 0.29) is 0 Å². The first-order valence-electron chi connectivity index (χ1n) is 0.682. The number of hydrogen-bond donors (Lipinski definition) is 0. The highest BCUT2D eigenvalue weighted by Crippen LogP contribution is 1.66. The largest absolute Gasteiger partial charge is 0.281 e. The van der Waals surface area contributed by atoms with Gasteiger partial charge >= 0.3 is 0 Å². The zero-order chi connectivity index (χ0) is 3.58. The Balaban J connectivity index is 2.80. The second-order valence-electron chi connectivity index (χ2n) is 0.304. The summed E-state index contributed by atoms with van der Waals surface area (Å²) in [4.78, 5) is 8.99. The van der Waals surface area contributed by atoms with Crippen molar-refractivity contribution >= 4 is 16.8 Å². The molecule has 0 amide bonds. The lowest BCUT2D eigenvalue weighted by Gasteiger charge is -1.50. The molecular weight excluding hydrogens is 75.5 g/mol. The van der Waals surface area contributed by atoms with E-state index in [1.807, 2.05) is 0 Å². The van der Waals surface area contributed by atoms with Gasteiger partial charge in [0.2, 0.25) is 5.24 Å². The molecule has 2 heteroatoms. The summed E-state index contributed by atoms with van der Waals surface area (Å²) < 4.78 is 0. The Morgan fingerprint density at radius 1 is 2.00 bits per heavy atom. The first-order valence-corrected chi connectivity index (χ1v) is 1.06. The maximum Gasteiger partial charge on any atom is 0.226 e. The molecule has 0 aromatic rings. The minimum Gasteiger partial charge on any atom is -0.281 e. The van der Waals surface area contributed by atoms with Gasteiger partial charge in [-0.3, -0.25) is 4.79 Å². The molecule has 0 fully saturated rings. The van der Waals surface area contributed by atoms with Crippen molar-refractivity contribution in [1.29, 1.82) is 0 Å².